The lowest BCUT2D eigenvalue weighted by atomic mass is 10.2. The van der Waals surface area contributed by atoms with E-state index in [-0.39, 0.29) is 45.3 Å². The molecule has 0 aliphatic heterocycles. The van der Waals surface area contributed by atoms with Gasteiger partial charge < -0.3 is 10.5 Å². The van der Waals surface area contributed by atoms with E-state index in [1.807, 2.05) is 6.92 Å². The first kappa shape index (κ1) is 23.3. The van der Waals surface area contributed by atoms with Gasteiger partial charge in [0, 0.05) is 24.2 Å². The molecule has 0 aliphatic carbocycles. The molecule has 0 bridgehead atoms. The van der Waals surface area contributed by atoms with E-state index in [9.17, 15) is 27.6 Å². The second-order valence-corrected chi connectivity index (χ2v) is 7.99. The van der Waals surface area contributed by atoms with Gasteiger partial charge in [-0.1, -0.05) is 18.5 Å². The quantitative estimate of drug-likeness (QED) is 0.262. The highest BCUT2D eigenvalue weighted by Crippen LogP contribution is 2.26. The van der Waals surface area contributed by atoms with Crippen LogP contribution < -0.4 is 10.0 Å². The topological polar surface area (TPSA) is 73.9 Å². The van der Waals surface area contributed by atoms with Gasteiger partial charge in [0.05, 0.1) is 11.9 Å². The molecule has 1 atom stereocenters. The van der Waals surface area contributed by atoms with Crippen LogP contribution in [-0.4, -0.2) is 32.9 Å². The molecule has 160 valence electrons. The van der Waals surface area contributed by atoms with Crippen LogP contribution in [0.2, 0.25) is 5.15 Å². The monoisotopic (exact) mass is 454 g/mol. The molecule has 2 aromatic heterocycles. The molecule has 0 aromatic carbocycles. The third kappa shape index (κ3) is 7.73. The number of thioether (sulfide) groups is 1. The summed E-state index contributed by atoms with van der Waals surface area (Å²) in [4.78, 5) is 12.3. The van der Waals surface area contributed by atoms with E-state index < -0.39 is 18.4 Å². The van der Waals surface area contributed by atoms with Crippen LogP contribution in [0.4, 0.5) is 23.2 Å². The molecule has 6 nitrogen and oxygen atoms in total. The van der Waals surface area contributed by atoms with Crippen molar-refractivity contribution in [3.63, 3.8) is 0 Å². The number of hydrogen-bond acceptors (Lipinski definition) is 4. The number of nitrogens with zero attached hydrogens (tertiary/aromatic N) is 3. The van der Waals surface area contributed by atoms with Gasteiger partial charge in [0.2, 0.25) is 18.3 Å². The summed E-state index contributed by atoms with van der Waals surface area (Å²) < 4.78 is 51.4. The zero-order valence-corrected chi connectivity index (χ0v) is 17.0. The zero-order chi connectivity index (χ0) is 21.6. The summed E-state index contributed by atoms with van der Waals surface area (Å²) in [6.45, 7) is 1.85. The van der Waals surface area contributed by atoms with Crippen molar-refractivity contribution in [2.75, 3.05) is 11.1 Å². The van der Waals surface area contributed by atoms with E-state index >= 15 is 0 Å². The third-order valence-corrected chi connectivity index (χ3v) is 5.61. The summed E-state index contributed by atoms with van der Waals surface area (Å²) in [6, 6.07) is 1.08. The molecule has 0 aliphatic rings. The van der Waals surface area contributed by atoms with E-state index in [0.29, 0.717) is 12.2 Å². The lowest BCUT2D eigenvalue weighted by Crippen LogP contribution is -2.26. The summed E-state index contributed by atoms with van der Waals surface area (Å²) in [5.74, 6) is -0.832. The minimum atomic E-state index is -4.18. The smallest absolute Gasteiger partial charge is 0.389 e. The Morgan fingerprint density at radius 2 is 2.17 bits per heavy atom. The van der Waals surface area contributed by atoms with E-state index in [4.69, 9.17) is 11.6 Å². The summed E-state index contributed by atoms with van der Waals surface area (Å²) in [6.07, 6.45) is -1.15. The fourth-order valence-electron chi connectivity index (χ4n) is 2.45. The molecular formula is C17H19ClF4N4O2S. The predicted octanol–water partition coefficient (Wildman–Crippen LogP) is 4.48. The number of hydrogen-bond donors (Lipinski definition) is 1. The first-order valence-electron chi connectivity index (χ1n) is 8.70. The maximum Gasteiger partial charge on any atom is 0.389 e. The predicted molar refractivity (Wildman–Crippen MR) is 103 cm³/mol. The second kappa shape index (κ2) is 10.1. The maximum absolute atomic E-state index is 13.4. The average Bonchev–Trinajstić information content (AvgIpc) is 2.96. The highest BCUT2D eigenvalue weighted by molar-refractivity contribution is 7.99. The van der Waals surface area contributed by atoms with Gasteiger partial charge in [-0.15, -0.1) is 0 Å². The summed E-state index contributed by atoms with van der Waals surface area (Å²) in [7, 11) is 0. The van der Waals surface area contributed by atoms with Crippen molar-refractivity contribution in [1.82, 2.24) is 9.78 Å². The Morgan fingerprint density at radius 1 is 1.45 bits per heavy atom. The average molecular weight is 455 g/mol. The van der Waals surface area contributed by atoms with Crippen molar-refractivity contribution in [2.45, 2.75) is 44.0 Å². The minimum Gasteiger partial charge on any atom is -0.619 e. The number of carbonyl (C=O) groups excluding carboxylic acids is 1. The molecule has 2 heterocycles. The van der Waals surface area contributed by atoms with Gasteiger partial charge in [-0.05, 0) is 18.6 Å². The highest BCUT2D eigenvalue weighted by atomic mass is 35.5. The first-order chi connectivity index (χ1) is 13.6. The molecule has 1 N–H and O–H groups in total. The van der Waals surface area contributed by atoms with Crippen LogP contribution in [0.5, 0.6) is 0 Å². The van der Waals surface area contributed by atoms with Crippen molar-refractivity contribution in [3.05, 3.63) is 40.8 Å². The summed E-state index contributed by atoms with van der Waals surface area (Å²) >= 11 is 7.31. The van der Waals surface area contributed by atoms with Crippen LogP contribution in [0.1, 0.15) is 32.6 Å². The number of rotatable bonds is 9. The molecular weight excluding hydrogens is 436 g/mol. The molecule has 29 heavy (non-hydrogen) atoms. The van der Waals surface area contributed by atoms with Crippen LogP contribution >= 0.6 is 23.4 Å². The molecule has 1 amide bonds. The Bertz CT molecular complexity index is 827. The number of halogens is 5. The van der Waals surface area contributed by atoms with E-state index in [1.54, 1.807) is 0 Å². The van der Waals surface area contributed by atoms with Crippen molar-refractivity contribution >= 4 is 35.0 Å². The van der Waals surface area contributed by atoms with Crippen molar-refractivity contribution < 1.29 is 27.1 Å². The Kier molecular flexibility index (Phi) is 8.14. The highest BCUT2D eigenvalue weighted by Gasteiger charge is 2.26. The van der Waals surface area contributed by atoms with Crippen LogP contribution in [0.15, 0.2) is 24.7 Å². The van der Waals surface area contributed by atoms with Crippen molar-refractivity contribution in [1.29, 1.82) is 0 Å². The SMILES string of the molecule is CCC(CC(=O)Nc1cn(-c2cc(F)c[n+]([O-])c2)nc1Cl)SCCCC(F)(F)F. The van der Waals surface area contributed by atoms with Gasteiger partial charge in [0.15, 0.2) is 11.0 Å². The number of aromatic nitrogens is 3. The van der Waals surface area contributed by atoms with Crippen LogP contribution in [0.3, 0.4) is 0 Å². The number of carbonyl (C=O) groups is 1. The zero-order valence-electron chi connectivity index (χ0n) is 15.4. The molecule has 0 spiro atoms. The number of pyridine rings is 1. The number of alkyl halides is 3. The molecule has 2 aromatic rings. The lowest BCUT2D eigenvalue weighted by Gasteiger charge is -2.14. The largest absolute Gasteiger partial charge is 0.619 e. The molecule has 0 radical (unpaired) electrons. The molecule has 12 heteroatoms. The normalized spacial score (nSPS) is 12.8. The number of anilines is 1. The molecule has 2 rings (SSSR count). The van der Waals surface area contributed by atoms with Gasteiger partial charge in [-0.25, -0.2) is 9.07 Å². The van der Waals surface area contributed by atoms with E-state index in [1.165, 1.54) is 18.0 Å². The van der Waals surface area contributed by atoms with E-state index in [0.717, 1.165) is 23.1 Å². The van der Waals surface area contributed by atoms with Gasteiger partial charge in [-0.3, -0.25) is 4.79 Å². The third-order valence-electron chi connectivity index (χ3n) is 3.83. The van der Waals surface area contributed by atoms with Gasteiger partial charge in [-0.2, -0.15) is 34.8 Å². The lowest BCUT2D eigenvalue weighted by molar-refractivity contribution is -0.606. The summed E-state index contributed by atoms with van der Waals surface area (Å²) in [5, 5.41) is 17.7. The Hall–Kier alpha value is -2.01. The summed E-state index contributed by atoms with van der Waals surface area (Å²) in [5.41, 5.74) is 0.296. The molecule has 0 saturated heterocycles. The second-order valence-electron chi connectivity index (χ2n) is 6.22. The Labute approximate surface area is 173 Å². The molecule has 1 unspecified atom stereocenters. The Balaban J connectivity index is 1.93. The van der Waals surface area contributed by atoms with Gasteiger partial charge in [0.25, 0.3) is 0 Å². The van der Waals surface area contributed by atoms with E-state index in [2.05, 4.69) is 10.4 Å². The molecule has 0 saturated carbocycles. The van der Waals surface area contributed by atoms with Gasteiger partial charge >= 0.3 is 6.18 Å². The van der Waals surface area contributed by atoms with Crippen LogP contribution in [0, 0.1) is 11.0 Å². The fraction of sp³-hybridized carbons (Fsp3) is 0.471. The Morgan fingerprint density at radius 3 is 2.79 bits per heavy atom. The number of amides is 1. The number of nitrogens with one attached hydrogen (secondary N) is 1. The minimum absolute atomic E-state index is 0.00175. The standard InChI is InChI=1S/C17H19ClF4N4O2S/c1-2-13(29-5-3-4-17(20,21)22)7-15(27)23-14-10-26(24-16(14)18)12-6-11(19)8-25(28)9-12/h6,8-10,13H,2-5,7H2,1H3,(H,23,27). The van der Waals surface area contributed by atoms with Crippen molar-refractivity contribution in [2.24, 2.45) is 0 Å². The van der Waals surface area contributed by atoms with Crippen molar-refractivity contribution in [3.8, 4) is 5.69 Å². The van der Waals surface area contributed by atoms with Gasteiger partial charge in [0.1, 0.15) is 5.69 Å². The maximum atomic E-state index is 13.4. The fourth-order valence-corrected chi connectivity index (χ4v) is 3.78. The first-order valence-corrected chi connectivity index (χ1v) is 10.1. The molecule has 0 fully saturated rings. The van der Waals surface area contributed by atoms with Crippen LogP contribution in [0.25, 0.3) is 5.69 Å². The van der Waals surface area contributed by atoms with Crippen LogP contribution in [-0.2, 0) is 4.79 Å².